The van der Waals surface area contributed by atoms with Crippen LogP contribution in [0, 0.1) is 0 Å². The second kappa shape index (κ2) is 5.82. The average Bonchev–Trinajstić information content (AvgIpc) is 3.04. The van der Waals surface area contributed by atoms with E-state index < -0.39 is 0 Å². The molecule has 0 amide bonds. The Kier molecular flexibility index (Phi) is 4.14. The van der Waals surface area contributed by atoms with E-state index in [4.69, 9.17) is 0 Å². The van der Waals surface area contributed by atoms with Gasteiger partial charge in [0.05, 0.1) is 17.5 Å². The number of carbonyl (C=O) groups is 1. The molecule has 0 atom stereocenters. The van der Waals surface area contributed by atoms with Crippen LogP contribution < -0.4 is 0 Å². The van der Waals surface area contributed by atoms with Gasteiger partial charge in [-0.25, -0.2) is 0 Å². The van der Waals surface area contributed by atoms with Crippen molar-refractivity contribution in [2.45, 2.75) is 46.7 Å². The first-order chi connectivity index (χ1) is 9.19. The zero-order valence-electron chi connectivity index (χ0n) is 11.8. The third kappa shape index (κ3) is 2.75. The second-order valence-electron chi connectivity index (χ2n) is 4.51. The lowest BCUT2D eigenvalue weighted by molar-refractivity contribution is 0.102. The van der Waals surface area contributed by atoms with Gasteiger partial charge in [-0.2, -0.15) is 10.2 Å². The van der Waals surface area contributed by atoms with E-state index in [1.165, 1.54) is 0 Å². The maximum absolute atomic E-state index is 12.5. The van der Waals surface area contributed by atoms with Crippen LogP contribution in [0.15, 0.2) is 18.5 Å². The third-order valence-corrected chi connectivity index (χ3v) is 3.07. The summed E-state index contributed by atoms with van der Waals surface area (Å²) < 4.78 is 3.57. The van der Waals surface area contributed by atoms with Gasteiger partial charge in [0.25, 0.3) is 0 Å². The van der Waals surface area contributed by atoms with Crippen LogP contribution in [-0.2, 0) is 19.5 Å². The summed E-state index contributed by atoms with van der Waals surface area (Å²) in [5.74, 6) is -0.00333. The Hall–Kier alpha value is -1.91. The van der Waals surface area contributed by atoms with Gasteiger partial charge in [-0.1, -0.05) is 13.8 Å². The van der Waals surface area contributed by atoms with Crippen LogP contribution in [0.25, 0.3) is 0 Å². The molecule has 0 N–H and O–H groups in total. The van der Waals surface area contributed by atoms with Gasteiger partial charge in [-0.05, 0) is 25.8 Å². The highest BCUT2D eigenvalue weighted by Crippen LogP contribution is 2.12. The lowest BCUT2D eigenvalue weighted by Gasteiger charge is -2.01. The zero-order chi connectivity index (χ0) is 13.8. The first-order valence-electron chi connectivity index (χ1n) is 6.83. The van der Waals surface area contributed by atoms with Gasteiger partial charge in [-0.15, -0.1) is 0 Å². The SMILES string of the molecule is CCCn1cc(C(=O)c2cc(CC)nn2CC)cn1. The predicted molar refractivity (Wildman–Crippen MR) is 73.2 cm³/mol. The Balaban J connectivity index is 2.29. The molecule has 0 aliphatic heterocycles. The molecular weight excluding hydrogens is 240 g/mol. The average molecular weight is 260 g/mol. The minimum atomic E-state index is -0.00333. The number of hydrogen-bond acceptors (Lipinski definition) is 3. The van der Waals surface area contributed by atoms with Gasteiger partial charge in [0, 0.05) is 19.3 Å². The van der Waals surface area contributed by atoms with Crippen molar-refractivity contribution >= 4 is 5.78 Å². The number of aromatic nitrogens is 4. The number of hydrogen-bond donors (Lipinski definition) is 0. The standard InChI is InChI=1S/C14H20N4O/c1-4-7-17-10-11(9-15-17)14(19)13-8-12(5-2)16-18(13)6-3/h8-10H,4-7H2,1-3H3. The molecular formula is C14H20N4O. The number of aryl methyl sites for hydroxylation is 3. The smallest absolute Gasteiger partial charge is 0.214 e. The van der Waals surface area contributed by atoms with Crippen molar-refractivity contribution < 1.29 is 4.79 Å². The van der Waals surface area contributed by atoms with Gasteiger partial charge in [0.2, 0.25) is 5.78 Å². The molecule has 2 heterocycles. The highest BCUT2D eigenvalue weighted by Gasteiger charge is 2.17. The van der Waals surface area contributed by atoms with Gasteiger partial charge in [0.15, 0.2) is 0 Å². The monoisotopic (exact) mass is 260 g/mol. The Morgan fingerprint density at radius 1 is 1.32 bits per heavy atom. The molecule has 0 aromatic carbocycles. The van der Waals surface area contributed by atoms with Crippen LogP contribution in [-0.4, -0.2) is 25.3 Å². The Bertz CT molecular complexity index is 568. The third-order valence-electron chi connectivity index (χ3n) is 3.07. The van der Waals surface area contributed by atoms with E-state index in [0.717, 1.165) is 25.1 Å². The van der Waals surface area contributed by atoms with Crippen molar-refractivity contribution in [1.29, 1.82) is 0 Å². The Morgan fingerprint density at radius 3 is 2.74 bits per heavy atom. The highest BCUT2D eigenvalue weighted by atomic mass is 16.1. The Morgan fingerprint density at radius 2 is 2.11 bits per heavy atom. The fourth-order valence-electron chi connectivity index (χ4n) is 2.05. The van der Waals surface area contributed by atoms with Crippen molar-refractivity contribution in [2.24, 2.45) is 0 Å². The van der Waals surface area contributed by atoms with Crippen LogP contribution in [0.2, 0.25) is 0 Å². The van der Waals surface area contributed by atoms with E-state index in [9.17, 15) is 4.79 Å². The van der Waals surface area contributed by atoms with Gasteiger partial charge >= 0.3 is 0 Å². The zero-order valence-corrected chi connectivity index (χ0v) is 11.8. The first kappa shape index (κ1) is 13.5. The topological polar surface area (TPSA) is 52.7 Å². The number of rotatable bonds is 6. The molecule has 0 spiro atoms. The van der Waals surface area contributed by atoms with Crippen LogP contribution >= 0.6 is 0 Å². The van der Waals surface area contributed by atoms with Crippen molar-refractivity contribution in [3.63, 3.8) is 0 Å². The van der Waals surface area contributed by atoms with E-state index in [-0.39, 0.29) is 5.78 Å². The van der Waals surface area contributed by atoms with Crippen molar-refractivity contribution in [2.75, 3.05) is 0 Å². The second-order valence-corrected chi connectivity index (χ2v) is 4.51. The van der Waals surface area contributed by atoms with Crippen molar-refractivity contribution in [3.05, 3.63) is 35.4 Å². The van der Waals surface area contributed by atoms with Crippen LogP contribution in [0.4, 0.5) is 0 Å². The van der Waals surface area contributed by atoms with E-state index in [0.29, 0.717) is 17.8 Å². The molecule has 0 unspecified atom stereocenters. The molecule has 0 bridgehead atoms. The van der Waals surface area contributed by atoms with E-state index in [2.05, 4.69) is 17.1 Å². The molecule has 5 nitrogen and oxygen atoms in total. The molecule has 0 aliphatic carbocycles. The van der Waals surface area contributed by atoms with Crippen molar-refractivity contribution in [3.8, 4) is 0 Å². The summed E-state index contributed by atoms with van der Waals surface area (Å²) in [6, 6.07) is 1.88. The normalized spacial score (nSPS) is 10.9. The lowest BCUT2D eigenvalue weighted by Crippen LogP contribution is -2.10. The summed E-state index contributed by atoms with van der Waals surface area (Å²) in [5.41, 5.74) is 2.23. The number of ketones is 1. The molecule has 0 saturated carbocycles. The molecule has 19 heavy (non-hydrogen) atoms. The molecule has 2 aromatic rings. The molecule has 0 fully saturated rings. The lowest BCUT2D eigenvalue weighted by atomic mass is 10.1. The quantitative estimate of drug-likeness (QED) is 0.749. The summed E-state index contributed by atoms with van der Waals surface area (Å²) in [7, 11) is 0. The molecule has 0 aliphatic rings. The van der Waals surface area contributed by atoms with E-state index >= 15 is 0 Å². The molecule has 2 aromatic heterocycles. The van der Waals surface area contributed by atoms with Crippen molar-refractivity contribution in [1.82, 2.24) is 19.6 Å². The maximum Gasteiger partial charge on any atom is 0.214 e. The van der Waals surface area contributed by atoms with Gasteiger partial charge < -0.3 is 0 Å². The van der Waals surface area contributed by atoms with Gasteiger partial charge in [-0.3, -0.25) is 14.2 Å². The van der Waals surface area contributed by atoms with Gasteiger partial charge in [0.1, 0.15) is 5.69 Å². The highest BCUT2D eigenvalue weighted by molar-refractivity contribution is 6.07. The first-order valence-corrected chi connectivity index (χ1v) is 6.83. The van der Waals surface area contributed by atoms with Crippen LogP contribution in [0.3, 0.4) is 0 Å². The minimum absolute atomic E-state index is 0.00333. The number of carbonyl (C=O) groups excluding carboxylic acids is 1. The fourth-order valence-corrected chi connectivity index (χ4v) is 2.05. The minimum Gasteiger partial charge on any atom is -0.287 e. The molecule has 102 valence electrons. The molecule has 0 radical (unpaired) electrons. The molecule has 0 saturated heterocycles. The van der Waals surface area contributed by atoms with Crippen LogP contribution in [0.5, 0.6) is 0 Å². The summed E-state index contributed by atoms with van der Waals surface area (Å²) in [4.78, 5) is 12.5. The fraction of sp³-hybridized carbons (Fsp3) is 0.500. The predicted octanol–water partition coefficient (Wildman–Crippen LogP) is 2.30. The maximum atomic E-state index is 12.5. The largest absolute Gasteiger partial charge is 0.287 e. The van der Waals surface area contributed by atoms with Crippen LogP contribution in [0.1, 0.15) is 48.9 Å². The number of nitrogens with zero attached hydrogens (tertiary/aromatic N) is 4. The van der Waals surface area contributed by atoms with E-state index in [1.807, 2.05) is 26.1 Å². The summed E-state index contributed by atoms with van der Waals surface area (Å²) in [5, 5.41) is 8.61. The summed E-state index contributed by atoms with van der Waals surface area (Å²) >= 11 is 0. The molecule has 2 rings (SSSR count). The Labute approximate surface area is 113 Å². The molecule has 5 heteroatoms. The van der Waals surface area contributed by atoms with E-state index in [1.54, 1.807) is 15.6 Å². The summed E-state index contributed by atoms with van der Waals surface area (Å²) in [6.07, 6.45) is 5.28. The summed E-state index contributed by atoms with van der Waals surface area (Å²) in [6.45, 7) is 7.65.